The van der Waals surface area contributed by atoms with E-state index in [-0.39, 0.29) is 0 Å². The zero-order valence-electron chi connectivity index (χ0n) is 10.2. The number of rotatable bonds is 4. The quantitative estimate of drug-likeness (QED) is 0.521. The van der Waals surface area contributed by atoms with Gasteiger partial charge in [-0.1, -0.05) is 42.5 Å². The molecule has 0 fully saturated rings. The van der Waals surface area contributed by atoms with Crippen molar-refractivity contribution in [3.63, 3.8) is 0 Å². The molecular weight excluding hydrogens is 212 g/mol. The van der Waals surface area contributed by atoms with E-state index in [1.165, 1.54) is 16.0 Å². The van der Waals surface area contributed by atoms with Crippen molar-refractivity contribution in [1.82, 2.24) is 0 Å². The number of benzene rings is 1. The zero-order chi connectivity index (χ0) is 12.0. The molecule has 0 unspecified atom stereocenters. The van der Waals surface area contributed by atoms with Gasteiger partial charge in [0.15, 0.2) is 0 Å². The van der Waals surface area contributed by atoms with Crippen molar-refractivity contribution in [1.29, 1.82) is 0 Å². The van der Waals surface area contributed by atoms with E-state index in [0.29, 0.717) is 0 Å². The van der Waals surface area contributed by atoms with Crippen LogP contribution < -0.4 is 0 Å². The molecule has 0 aliphatic rings. The normalized spacial score (nSPS) is 12.1. The van der Waals surface area contributed by atoms with Crippen molar-refractivity contribution in [2.24, 2.45) is 0 Å². The smallest absolute Gasteiger partial charge is 0.00695 e. The summed E-state index contributed by atoms with van der Waals surface area (Å²) in [6, 6.07) is 8.62. The standard InChI is InChI=1S/C15H18S/c1-5-13(7-6-12(2)3)14-8-10-15(16-4)11-9-14/h5-11H,2H2,1,3-4H3/b7-6-,13-5+. The predicted octanol–water partition coefficient (Wildman–Crippen LogP) is 4.94. The minimum absolute atomic E-state index is 1.07. The van der Waals surface area contributed by atoms with Crippen molar-refractivity contribution in [2.75, 3.05) is 6.26 Å². The highest BCUT2D eigenvalue weighted by molar-refractivity contribution is 7.98. The van der Waals surface area contributed by atoms with Crippen molar-refractivity contribution >= 4 is 17.3 Å². The lowest BCUT2D eigenvalue weighted by Gasteiger charge is -2.03. The highest BCUT2D eigenvalue weighted by atomic mass is 32.2. The van der Waals surface area contributed by atoms with Gasteiger partial charge in [0.2, 0.25) is 0 Å². The number of allylic oxidation sites excluding steroid dienone is 5. The first-order valence-corrected chi connectivity index (χ1v) is 6.54. The second-order valence-corrected chi connectivity index (χ2v) is 4.53. The van der Waals surface area contributed by atoms with Gasteiger partial charge in [-0.2, -0.15) is 0 Å². The van der Waals surface area contributed by atoms with Gasteiger partial charge in [0.05, 0.1) is 0 Å². The van der Waals surface area contributed by atoms with Crippen LogP contribution in [0.25, 0.3) is 5.57 Å². The molecule has 84 valence electrons. The molecule has 1 rings (SSSR count). The molecule has 0 saturated carbocycles. The Morgan fingerprint density at radius 3 is 2.25 bits per heavy atom. The fraction of sp³-hybridized carbons (Fsp3) is 0.200. The minimum atomic E-state index is 1.07. The molecule has 0 saturated heterocycles. The van der Waals surface area contributed by atoms with Crippen molar-refractivity contribution in [3.8, 4) is 0 Å². The van der Waals surface area contributed by atoms with Crippen LogP contribution in [-0.4, -0.2) is 6.26 Å². The van der Waals surface area contributed by atoms with Crippen LogP contribution in [0, 0.1) is 0 Å². The summed E-state index contributed by atoms with van der Waals surface area (Å²) in [5.41, 5.74) is 3.55. The minimum Gasteiger partial charge on any atom is -0.130 e. The molecule has 0 radical (unpaired) electrons. The maximum Gasteiger partial charge on any atom is 0.00695 e. The fourth-order valence-electron chi connectivity index (χ4n) is 1.37. The molecule has 0 bridgehead atoms. The molecule has 0 atom stereocenters. The number of hydrogen-bond acceptors (Lipinski definition) is 1. The average molecular weight is 230 g/mol. The van der Waals surface area contributed by atoms with Gasteiger partial charge in [-0.05, 0) is 43.4 Å². The van der Waals surface area contributed by atoms with E-state index in [9.17, 15) is 0 Å². The number of hydrogen-bond donors (Lipinski definition) is 0. The zero-order valence-corrected chi connectivity index (χ0v) is 11.0. The second kappa shape index (κ2) is 6.39. The Hall–Kier alpha value is -1.21. The maximum atomic E-state index is 3.87. The molecule has 1 heteroatoms. The molecular formula is C15H18S. The lowest BCUT2D eigenvalue weighted by atomic mass is 10.0. The van der Waals surface area contributed by atoms with Gasteiger partial charge in [-0.3, -0.25) is 0 Å². The van der Waals surface area contributed by atoms with Gasteiger partial charge < -0.3 is 0 Å². The van der Waals surface area contributed by atoms with E-state index in [4.69, 9.17) is 0 Å². The van der Waals surface area contributed by atoms with Gasteiger partial charge >= 0.3 is 0 Å². The van der Waals surface area contributed by atoms with Crippen LogP contribution in [0.4, 0.5) is 0 Å². The van der Waals surface area contributed by atoms with E-state index in [2.05, 4.69) is 56.2 Å². The summed E-state index contributed by atoms with van der Waals surface area (Å²) in [5, 5.41) is 0. The molecule has 0 N–H and O–H groups in total. The van der Waals surface area contributed by atoms with Crippen LogP contribution in [0.5, 0.6) is 0 Å². The third-order valence-corrected chi connectivity index (χ3v) is 3.03. The first-order valence-electron chi connectivity index (χ1n) is 5.31. The summed E-state index contributed by atoms with van der Waals surface area (Å²) >= 11 is 1.76. The highest BCUT2D eigenvalue weighted by Gasteiger charge is 1.96. The van der Waals surface area contributed by atoms with E-state index < -0.39 is 0 Å². The second-order valence-electron chi connectivity index (χ2n) is 3.65. The van der Waals surface area contributed by atoms with E-state index in [1.807, 2.05) is 13.0 Å². The highest BCUT2D eigenvalue weighted by Crippen LogP contribution is 2.21. The number of thioether (sulfide) groups is 1. The Morgan fingerprint density at radius 2 is 1.81 bits per heavy atom. The van der Waals surface area contributed by atoms with Gasteiger partial charge in [0.25, 0.3) is 0 Å². The van der Waals surface area contributed by atoms with Crippen molar-refractivity contribution in [2.45, 2.75) is 18.7 Å². The van der Waals surface area contributed by atoms with Gasteiger partial charge in [0, 0.05) is 4.90 Å². The summed E-state index contributed by atoms with van der Waals surface area (Å²) in [4.78, 5) is 1.29. The first kappa shape index (κ1) is 12.9. The van der Waals surface area contributed by atoms with Gasteiger partial charge in [-0.15, -0.1) is 11.8 Å². The SMILES string of the molecule is C=C(C)/C=C\C(=C/C)c1ccc(SC)cc1. The summed E-state index contributed by atoms with van der Waals surface area (Å²) < 4.78 is 0. The summed E-state index contributed by atoms with van der Waals surface area (Å²) in [6.07, 6.45) is 8.36. The van der Waals surface area contributed by atoms with E-state index in [1.54, 1.807) is 11.8 Å². The third kappa shape index (κ3) is 3.74. The van der Waals surface area contributed by atoms with Gasteiger partial charge in [-0.25, -0.2) is 0 Å². The molecule has 1 aromatic rings. The van der Waals surface area contributed by atoms with E-state index in [0.717, 1.165) is 5.57 Å². The third-order valence-electron chi connectivity index (χ3n) is 2.28. The molecule has 0 aliphatic heterocycles. The first-order chi connectivity index (χ1) is 7.67. The lowest BCUT2D eigenvalue weighted by Crippen LogP contribution is -1.81. The Morgan fingerprint density at radius 1 is 1.19 bits per heavy atom. The lowest BCUT2D eigenvalue weighted by molar-refractivity contribution is 1.44. The Kier molecular flexibility index (Phi) is 5.13. The van der Waals surface area contributed by atoms with Crippen molar-refractivity contribution < 1.29 is 0 Å². The topological polar surface area (TPSA) is 0 Å². The molecule has 16 heavy (non-hydrogen) atoms. The Balaban J connectivity index is 2.92. The molecule has 0 aliphatic carbocycles. The van der Waals surface area contributed by atoms with Crippen LogP contribution in [0.3, 0.4) is 0 Å². The molecule has 0 amide bonds. The van der Waals surface area contributed by atoms with Gasteiger partial charge in [0.1, 0.15) is 0 Å². The van der Waals surface area contributed by atoms with Crippen LogP contribution in [0.1, 0.15) is 19.4 Å². The van der Waals surface area contributed by atoms with E-state index >= 15 is 0 Å². The van der Waals surface area contributed by atoms with Crippen LogP contribution >= 0.6 is 11.8 Å². The molecule has 0 aromatic heterocycles. The Bertz CT molecular complexity index is 408. The summed E-state index contributed by atoms with van der Waals surface area (Å²) in [6.45, 7) is 7.92. The van der Waals surface area contributed by atoms with Crippen LogP contribution in [0.15, 0.2) is 59.5 Å². The van der Waals surface area contributed by atoms with Crippen LogP contribution in [0.2, 0.25) is 0 Å². The monoisotopic (exact) mass is 230 g/mol. The average Bonchev–Trinajstić information content (AvgIpc) is 2.30. The van der Waals surface area contributed by atoms with Crippen molar-refractivity contribution in [3.05, 3.63) is 60.2 Å². The largest absolute Gasteiger partial charge is 0.130 e. The van der Waals surface area contributed by atoms with Crippen LogP contribution in [-0.2, 0) is 0 Å². The molecule has 0 heterocycles. The summed E-state index contributed by atoms with van der Waals surface area (Å²) in [7, 11) is 0. The summed E-state index contributed by atoms with van der Waals surface area (Å²) in [5.74, 6) is 0. The predicted molar refractivity (Wildman–Crippen MR) is 75.8 cm³/mol. The molecule has 0 spiro atoms. The Labute approximate surface area is 103 Å². The maximum absolute atomic E-state index is 3.87. The molecule has 1 aromatic carbocycles. The fourth-order valence-corrected chi connectivity index (χ4v) is 1.78. The molecule has 0 nitrogen and oxygen atoms in total.